The predicted octanol–water partition coefficient (Wildman–Crippen LogP) is 7.20. The van der Waals surface area contributed by atoms with Crippen molar-refractivity contribution >= 4 is 5.91 Å². The Labute approximate surface area is 168 Å². The minimum Gasteiger partial charge on any atom is -0.370 e. The molecule has 1 amide bonds. The number of amides is 1. The fourth-order valence-corrected chi connectivity index (χ4v) is 3.95. The second kappa shape index (κ2) is 16.8. The maximum absolute atomic E-state index is 10.7. The summed E-state index contributed by atoms with van der Waals surface area (Å²) in [4.78, 5) is 10.7. The second-order valence-electron chi connectivity index (χ2n) is 8.24. The van der Waals surface area contributed by atoms with Gasteiger partial charge in [-0.2, -0.15) is 0 Å². The average molecular weight is 374 g/mol. The first kappa shape index (κ1) is 23.7. The molecule has 0 radical (unpaired) electrons. The molecule has 1 rings (SSSR count). The molecule has 0 spiro atoms. The smallest absolute Gasteiger partial charge is 0.217 e. The number of hydrogen-bond donors (Lipinski definition) is 1. The maximum Gasteiger partial charge on any atom is 0.217 e. The number of rotatable bonds is 18. The lowest BCUT2D eigenvalue weighted by Gasteiger charge is -2.17. The highest BCUT2D eigenvalue weighted by atomic mass is 16.1. The zero-order valence-corrected chi connectivity index (χ0v) is 17.8. The third-order valence-corrected chi connectivity index (χ3v) is 5.62. The number of primary amides is 1. The molecule has 2 heteroatoms. The van der Waals surface area contributed by atoms with Crippen molar-refractivity contribution in [3.05, 3.63) is 35.9 Å². The molecule has 0 saturated carbocycles. The fraction of sp³-hybridized carbons (Fsp3) is 0.720. The number of carbonyl (C=O) groups excluding carboxylic acids is 1. The van der Waals surface area contributed by atoms with Crippen molar-refractivity contribution in [1.82, 2.24) is 0 Å². The minimum atomic E-state index is -0.159. The number of carbonyl (C=O) groups is 1. The summed E-state index contributed by atoms with van der Waals surface area (Å²) in [6.45, 7) is 2.29. The summed E-state index contributed by atoms with van der Waals surface area (Å²) in [7, 11) is 0. The lowest BCUT2D eigenvalue weighted by atomic mass is 9.89. The van der Waals surface area contributed by atoms with Gasteiger partial charge in [0.05, 0.1) is 0 Å². The van der Waals surface area contributed by atoms with Crippen LogP contribution in [-0.2, 0) is 11.2 Å². The molecule has 27 heavy (non-hydrogen) atoms. The van der Waals surface area contributed by atoms with Crippen LogP contribution in [0.1, 0.15) is 109 Å². The zero-order chi connectivity index (χ0) is 19.6. The SMILES string of the molecule is CCCCCCCCC(CCCCCCCCC(N)=O)Cc1ccccc1. The van der Waals surface area contributed by atoms with E-state index in [2.05, 4.69) is 37.3 Å². The number of hydrogen-bond acceptors (Lipinski definition) is 1. The van der Waals surface area contributed by atoms with E-state index in [1.54, 1.807) is 0 Å². The van der Waals surface area contributed by atoms with E-state index in [4.69, 9.17) is 5.73 Å². The third kappa shape index (κ3) is 14.4. The molecule has 0 aromatic heterocycles. The Bertz CT molecular complexity index is 457. The Balaban J connectivity index is 2.20. The molecule has 0 aliphatic rings. The topological polar surface area (TPSA) is 43.1 Å². The number of benzene rings is 1. The highest BCUT2D eigenvalue weighted by molar-refractivity contribution is 5.73. The summed E-state index contributed by atoms with van der Waals surface area (Å²) in [6, 6.07) is 11.0. The quantitative estimate of drug-likeness (QED) is 0.272. The standard InChI is InChI=1S/C25H43NO/c1-2-3-4-5-8-12-17-23(22-24-19-14-11-15-20-24)18-13-9-6-7-10-16-21-25(26)27/h11,14-15,19-20,23H,2-10,12-13,16-18,21-22H2,1H3,(H2,26,27). The van der Waals surface area contributed by atoms with Crippen LogP contribution in [0.15, 0.2) is 30.3 Å². The van der Waals surface area contributed by atoms with Crippen LogP contribution < -0.4 is 5.73 Å². The molecule has 2 N–H and O–H groups in total. The van der Waals surface area contributed by atoms with Crippen molar-refractivity contribution in [3.63, 3.8) is 0 Å². The molecule has 0 aliphatic heterocycles. The molecule has 1 atom stereocenters. The van der Waals surface area contributed by atoms with E-state index < -0.39 is 0 Å². The van der Waals surface area contributed by atoms with Crippen LogP contribution in [0.25, 0.3) is 0 Å². The molecule has 1 unspecified atom stereocenters. The molecule has 0 heterocycles. The first-order valence-electron chi connectivity index (χ1n) is 11.5. The van der Waals surface area contributed by atoms with Crippen molar-refractivity contribution in [2.75, 3.05) is 0 Å². The highest BCUT2D eigenvalue weighted by Gasteiger charge is 2.10. The molecule has 0 saturated heterocycles. The molecule has 0 fully saturated rings. The third-order valence-electron chi connectivity index (χ3n) is 5.62. The van der Waals surface area contributed by atoms with E-state index in [1.807, 2.05) is 0 Å². The summed E-state index contributed by atoms with van der Waals surface area (Å²) in [5.74, 6) is 0.682. The Morgan fingerprint density at radius 1 is 0.778 bits per heavy atom. The largest absolute Gasteiger partial charge is 0.370 e. The van der Waals surface area contributed by atoms with E-state index in [9.17, 15) is 4.79 Å². The highest BCUT2D eigenvalue weighted by Crippen LogP contribution is 2.23. The van der Waals surface area contributed by atoms with Crippen LogP contribution in [0, 0.1) is 5.92 Å². The van der Waals surface area contributed by atoms with Crippen molar-refractivity contribution < 1.29 is 4.79 Å². The minimum absolute atomic E-state index is 0.159. The Hall–Kier alpha value is -1.31. The van der Waals surface area contributed by atoms with Gasteiger partial charge in [0, 0.05) is 6.42 Å². The van der Waals surface area contributed by atoms with E-state index in [0.717, 1.165) is 18.8 Å². The molecule has 2 nitrogen and oxygen atoms in total. The van der Waals surface area contributed by atoms with Gasteiger partial charge in [-0.05, 0) is 24.3 Å². The normalized spacial score (nSPS) is 12.2. The lowest BCUT2D eigenvalue weighted by Crippen LogP contribution is -2.09. The van der Waals surface area contributed by atoms with E-state index in [0.29, 0.717) is 6.42 Å². The molecular formula is C25H43NO. The Morgan fingerprint density at radius 3 is 1.85 bits per heavy atom. The van der Waals surface area contributed by atoms with Crippen LogP contribution in [0.4, 0.5) is 0 Å². The van der Waals surface area contributed by atoms with Gasteiger partial charge < -0.3 is 5.73 Å². The molecular weight excluding hydrogens is 330 g/mol. The van der Waals surface area contributed by atoms with Gasteiger partial charge >= 0.3 is 0 Å². The van der Waals surface area contributed by atoms with Gasteiger partial charge in [-0.1, -0.05) is 121 Å². The summed E-state index contributed by atoms with van der Waals surface area (Å²) >= 11 is 0. The maximum atomic E-state index is 10.7. The summed E-state index contributed by atoms with van der Waals surface area (Å²) < 4.78 is 0. The first-order chi connectivity index (χ1) is 13.2. The molecule has 1 aromatic carbocycles. The van der Waals surface area contributed by atoms with Gasteiger partial charge in [-0.3, -0.25) is 4.79 Å². The van der Waals surface area contributed by atoms with Crippen molar-refractivity contribution in [3.8, 4) is 0 Å². The first-order valence-corrected chi connectivity index (χ1v) is 11.5. The molecule has 0 bridgehead atoms. The van der Waals surface area contributed by atoms with Gasteiger partial charge in [0.1, 0.15) is 0 Å². The van der Waals surface area contributed by atoms with Crippen LogP contribution in [0.2, 0.25) is 0 Å². The van der Waals surface area contributed by atoms with E-state index in [-0.39, 0.29) is 5.91 Å². The van der Waals surface area contributed by atoms with Crippen LogP contribution in [-0.4, -0.2) is 5.91 Å². The average Bonchev–Trinajstić information content (AvgIpc) is 2.67. The van der Waals surface area contributed by atoms with Crippen LogP contribution in [0.5, 0.6) is 0 Å². The second-order valence-corrected chi connectivity index (χ2v) is 8.24. The fourth-order valence-electron chi connectivity index (χ4n) is 3.95. The summed E-state index contributed by atoms with van der Waals surface area (Å²) in [5.41, 5.74) is 6.69. The van der Waals surface area contributed by atoms with E-state index >= 15 is 0 Å². The summed E-state index contributed by atoms with van der Waals surface area (Å²) in [6.07, 6.45) is 20.2. The van der Waals surface area contributed by atoms with Gasteiger partial charge in [-0.25, -0.2) is 0 Å². The lowest BCUT2D eigenvalue weighted by molar-refractivity contribution is -0.118. The molecule has 0 aliphatic carbocycles. The molecule has 154 valence electrons. The van der Waals surface area contributed by atoms with Crippen molar-refractivity contribution in [2.45, 2.75) is 110 Å². The Morgan fingerprint density at radius 2 is 1.30 bits per heavy atom. The van der Waals surface area contributed by atoms with Crippen molar-refractivity contribution in [2.24, 2.45) is 11.7 Å². The summed E-state index contributed by atoms with van der Waals surface area (Å²) in [5, 5.41) is 0. The Kier molecular flexibility index (Phi) is 14.8. The van der Waals surface area contributed by atoms with Gasteiger partial charge in [0.15, 0.2) is 0 Å². The predicted molar refractivity (Wildman–Crippen MR) is 118 cm³/mol. The van der Waals surface area contributed by atoms with Crippen molar-refractivity contribution in [1.29, 1.82) is 0 Å². The van der Waals surface area contributed by atoms with Crippen LogP contribution in [0.3, 0.4) is 0 Å². The monoisotopic (exact) mass is 373 g/mol. The zero-order valence-electron chi connectivity index (χ0n) is 17.8. The van der Waals surface area contributed by atoms with E-state index in [1.165, 1.54) is 89.0 Å². The van der Waals surface area contributed by atoms with Gasteiger partial charge in [0.25, 0.3) is 0 Å². The number of unbranched alkanes of at least 4 members (excludes halogenated alkanes) is 10. The van der Waals surface area contributed by atoms with Gasteiger partial charge in [0.2, 0.25) is 5.91 Å². The van der Waals surface area contributed by atoms with Gasteiger partial charge in [-0.15, -0.1) is 0 Å². The number of nitrogens with two attached hydrogens (primary N) is 1. The molecule has 1 aromatic rings. The van der Waals surface area contributed by atoms with Crippen LogP contribution >= 0.6 is 0 Å².